The van der Waals surface area contributed by atoms with E-state index in [2.05, 4.69) is 5.32 Å². The molecule has 2 aliphatic rings. The molecule has 1 aromatic carbocycles. The van der Waals surface area contributed by atoms with Gasteiger partial charge in [-0.15, -0.1) is 0 Å². The van der Waals surface area contributed by atoms with Gasteiger partial charge in [-0.05, 0) is 30.5 Å². The summed E-state index contributed by atoms with van der Waals surface area (Å²) in [6.07, 6.45) is 1.68. The van der Waals surface area contributed by atoms with Crippen molar-refractivity contribution in [1.82, 2.24) is 15.3 Å². The van der Waals surface area contributed by atoms with Crippen LogP contribution in [0.3, 0.4) is 0 Å². The van der Waals surface area contributed by atoms with Gasteiger partial charge in [-0.25, -0.2) is 14.2 Å². The number of nitrogens with zero attached hydrogens (tertiary/aromatic N) is 2. The SMILES string of the molecule is CN1OC2(CCN(C(=O)NCc3ccc(F)cc3)CC2)CC1=O. The number of hydrogen-bond acceptors (Lipinski definition) is 3. The first-order valence-corrected chi connectivity index (χ1v) is 7.70. The third-order valence-corrected chi connectivity index (χ3v) is 4.47. The summed E-state index contributed by atoms with van der Waals surface area (Å²) in [5.41, 5.74) is 0.402. The molecule has 0 radical (unpaired) electrons. The van der Waals surface area contributed by atoms with Crippen LogP contribution in [0.15, 0.2) is 24.3 Å². The summed E-state index contributed by atoms with van der Waals surface area (Å²) in [5.74, 6) is -0.309. The van der Waals surface area contributed by atoms with Gasteiger partial charge in [0.15, 0.2) is 0 Å². The molecule has 0 bridgehead atoms. The number of urea groups is 1. The van der Waals surface area contributed by atoms with Crippen LogP contribution in [0.25, 0.3) is 0 Å². The zero-order valence-electron chi connectivity index (χ0n) is 13.0. The fourth-order valence-corrected chi connectivity index (χ4v) is 3.04. The highest BCUT2D eigenvalue weighted by molar-refractivity contribution is 5.78. The number of likely N-dealkylation sites (tertiary alicyclic amines) is 1. The zero-order valence-corrected chi connectivity index (χ0v) is 13.0. The summed E-state index contributed by atoms with van der Waals surface area (Å²) in [5, 5.41) is 4.13. The number of carbonyl (C=O) groups is 2. The summed E-state index contributed by atoms with van der Waals surface area (Å²) in [4.78, 5) is 31.2. The Labute approximate surface area is 134 Å². The Balaban J connectivity index is 1.49. The minimum Gasteiger partial charge on any atom is -0.334 e. The predicted molar refractivity (Wildman–Crippen MR) is 80.6 cm³/mol. The van der Waals surface area contributed by atoms with E-state index in [1.807, 2.05) is 0 Å². The molecule has 3 rings (SSSR count). The lowest BCUT2D eigenvalue weighted by molar-refractivity contribution is -0.197. The van der Waals surface area contributed by atoms with E-state index in [4.69, 9.17) is 4.84 Å². The molecule has 2 fully saturated rings. The van der Waals surface area contributed by atoms with Gasteiger partial charge < -0.3 is 10.2 Å². The highest BCUT2D eigenvalue weighted by atomic mass is 19.1. The maximum absolute atomic E-state index is 12.8. The Morgan fingerprint density at radius 1 is 1.30 bits per heavy atom. The predicted octanol–water partition coefficient (Wildman–Crippen LogP) is 1.66. The first kappa shape index (κ1) is 15.7. The van der Waals surface area contributed by atoms with Crippen LogP contribution < -0.4 is 5.32 Å². The van der Waals surface area contributed by atoms with E-state index in [1.165, 1.54) is 17.2 Å². The Morgan fingerprint density at radius 3 is 2.52 bits per heavy atom. The minimum absolute atomic E-state index is 0.0146. The number of hydroxylamine groups is 2. The van der Waals surface area contributed by atoms with Gasteiger partial charge in [0, 0.05) is 26.7 Å². The van der Waals surface area contributed by atoms with E-state index in [0.717, 1.165) is 5.56 Å². The van der Waals surface area contributed by atoms with E-state index >= 15 is 0 Å². The van der Waals surface area contributed by atoms with Crippen LogP contribution in [-0.4, -0.2) is 47.6 Å². The van der Waals surface area contributed by atoms with E-state index in [0.29, 0.717) is 38.9 Å². The minimum atomic E-state index is -0.445. The monoisotopic (exact) mass is 321 g/mol. The van der Waals surface area contributed by atoms with Crippen molar-refractivity contribution in [1.29, 1.82) is 0 Å². The molecule has 23 heavy (non-hydrogen) atoms. The van der Waals surface area contributed by atoms with Crippen molar-refractivity contribution in [3.63, 3.8) is 0 Å². The van der Waals surface area contributed by atoms with Crippen molar-refractivity contribution < 1.29 is 18.8 Å². The van der Waals surface area contributed by atoms with Crippen LogP contribution in [0.2, 0.25) is 0 Å². The van der Waals surface area contributed by atoms with Crippen LogP contribution in [0.4, 0.5) is 9.18 Å². The van der Waals surface area contributed by atoms with Gasteiger partial charge in [0.25, 0.3) is 0 Å². The maximum atomic E-state index is 12.8. The molecule has 0 aromatic heterocycles. The lowest BCUT2D eigenvalue weighted by atomic mass is 9.89. The summed E-state index contributed by atoms with van der Waals surface area (Å²) in [6, 6.07) is 5.89. The topological polar surface area (TPSA) is 61.9 Å². The highest BCUT2D eigenvalue weighted by Crippen LogP contribution is 2.35. The van der Waals surface area contributed by atoms with Crippen molar-refractivity contribution in [2.24, 2.45) is 0 Å². The van der Waals surface area contributed by atoms with Crippen LogP contribution in [0.1, 0.15) is 24.8 Å². The average molecular weight is 321 g/mol. The number of halogens is 1. The second-order valence-corrected chi connectivity index (χ2v) is 6.11. The third kappa shape index (κ3) is 3.44. The van der Waals surface area contributed by atoms with Crippen molar-refractivity contribution >= 4 is 11.9 Å². The zero-order chi connectivity index (χ0) is 16.4. The van der Waals surface area contributed by atoms with Gasteiger partial charge in [-0.3, -0.25) is 9.63 Å². The summed E-state index contributed by atoms with van der Waals surface area (Å²) < 4.78 is 12.8. The molecule has 0 aliphatic carbocycles. The Bertz CT molecular complexity index is 597. The molecule has 2 heterocycles. The summed E-state index contributed by atoms with van der Waals surface area (Å²) in [7, 11) is 1.62. The van der Waals surface area contributed by atoms with Crippen LogP contribution in [0, 0.1) is 5.82 Å². The second-order valence-electron chi connectivity index (χ2n) is 6.11. The van der Waals surface area contributed by atoms with Crippen LogP contribution in [0.5, 0.6) is 0 Å². The van der Waals surface area contributed by atoms with Crippen LogP contribution >= 0.6 is 0 Å². The number of carbonyl (C=O) groups excluding carboxylic acids is 2. The molecule has 3 amide bonds. The number of piperidine rings is 1. The molecule has 1 spiro atoms. The molecule has 7 heteroatoms. The number of amides is 3. The van der Waals surface area contributed by atoms with Gasteiger partial charge in [0.1, 0.15) is 11.4 Å². The fraction of sp³-hybridized carbons (Fsp3) is 0.500. The van der Waals surface area contributed by atoms with Crippen LogP contribution in [-0.2, 0) is 16.2 Å². The molecular weight excluding hydrogens is 301 g/mol. The largest absolute Gasteiger partial charge is 0.334 e. The standard InChI is InChI=1S/C16H20FN3O3/c1-19-14(21)10-16(23-19)6-8-20(9-7-16)15(22)18-11-12-2-4-13(17)5-3-12/h2-5H,6-11H2,1H3,(H,18,22). The summed E-state index contributed by atoms with van der Waals surface area (Å²) >= 11 is 0. The average Bonchev–Trinajstić information content (AvgIpc) is 2.81. The number of rotatable bonds is 2. The van der Waals surface area contributed by atoms with Crippen molar-refractivity contribution in [3.8, 4) is 0 Å². The Kier molecular flexibility index (Phi) is 4.21. The van der Waals surface area contributed by atoms with Gasteiger partial charge >= 0.3 is 6.03 Å². The second kappa shape index (κ2) is 6.16. The highest BCUT2D eigenvalue weighted by Gasteiger charge is 2.46. The maximum Gasteiger partial charge on any atom is 0.317 e. The van der Waals surface area contributed by atoms with E-state index in [9.17, 15) is 14.0 Å². The van der Waals surface area contributed by atoms with Gasteiger partial charge in [0.2, 0.25) is 5.91 Å². The molecule has 2 aliphatic heterocycles. The first-order chi connectivity index (χ1) is 11.0. The Morgan fingerprint density at radius 2 is 1.96 bits per heavy atom. The molecule has 0 saturated carbocycles. The molecule has 1 N–H and O–H groups in total. The number of hydrogen-bond donors (Lipinski definition) is 1. The smallest absolute Gasteiger partial charge is 0.317 e. The number of benzene rings is 1. The van der Waals surface area contributed by atoms with E-state index < -0.39 is 5.60 Å². The van der Waals surface area contributed by atoms with Gasteiger partial charge in [0.05, 0.1) is 6.42 Å². The third-order valence-electron chi connectivity index (χ3n) is 4.47. The first-order valence-electron chi connectivity index (χ1n) is 7.70. The quantitative estimate of drug-likeness (QED) is 0.901. The Hall–Kier alpha value is -2.15. The number of nitrogens with one attached hydrogen (secondary N) is 1. The lowest BCUT2D eigenvalue weighted by Crippen LogP contribution is -2.49. The molecule has 0 atom stereocenters. The van der Waals surface area contributed by atoms with Crippen molar-refractivity contribution in [3.05, 3.63) is 35.6 Å². The molecular formula is C16H20FN3O3. The fourth-order valence-electron chi connectivity index (χ4n) is 3.04. The molecule has 1 aromatic rings. The van der Waals surface area contributed by atoms with Crippen molar-refractivity contribution in [2.75, 3.05) is 20.1 Å². The van der Waals surface area contributed by atoms with E-state index in [-0.39, 0.29) is 17.8 Å². The summed E-state index contributed by atoms with van der Waals surface area (Å²) in [6.45, 7) is 1.46. The van der Waals surface area contributed by atoms with Gasteiger partial charge in [-0.2, -0.15) is 0 Å². The van der Waals surface area contributed by atoms with E-state index in [1.54, 1.807) is 24.1 Å². The molecule has 0 unspecified atom stereocenters. The van der Waals surface area contributed by atoms with Crippen molar-refractivity contribution in [2.45, 2.75) is 31.4 Å². The normalized spacial score (nSPS) is 20.2. The van der Waals surface area contributed by atoms with Gasteiger partial charge in [-0.1, -0.05) is 12.1 Å². The molecule has 2 saturated heterocycles. The molecule has 124 valence electrons. The lowest BCUT2D eigenvalue weighted by Gasteiger charge is -2.37. The molecule has 6 nitrogen and oxygen atoms in total.